The fourth-order valence-electron chi connectivity index (χ4n) is 1.98. The molecule has 2 rings (SSSR count). The number of aromatic nitrogens is 1. The smallest absolute Gasteiger partial charge is 0.163 e. The Hall–Kier alpha value is -1.45. The summed E-state index contributed by atoms with van der Waals surface area (Å²) in [6.45, 7) is 3.30. The van der Waals surface area contributed by atoms with Gasteiger partial charge in [0.05, 0.1) is 27.0 Å². The standard InChI is InChI=1S/C13H12Cl2N2O/c1-6-11(7(2)18)12(16)13(17-6)8-3-4-9(14)10(15)5-8/h3-5,17H,16H2,1-2H3. The van der Waals surface area contributed by atoms with Crippen molar-refractivity contribution in [2.24, 2.45) is 0 Å². The van der Waals surface area contributed by atoms with E-state index in [-0.39, 0.29) is 5.78 Å². The maximum atomic E-state index is 11.5. The van der Waals surface area contributed by atoms with E-state index in [2.05, 4.69) is 4.98 Å². The van der Waals surface area contributed by atoms with Crippen molar-refractivity contribution in [3.63, 3.8) is 0 Å². The third-order valence-electron chi connectivity index (χ3n) is 2.79. The highest BCUT2D eigenvalue weighted by Gasteiger charge is 2.17. The fourth-order valence-corrected chi connectivity index (χ4v) is 2.28. The largest absolute Gasteiger partial charge is 0.396 e. The summed E-state index contributed by atoms with van der Waals surface area (Å²) in [7, 11) is 0. The van der Waals surface area contributed by atoms with Crippen molar-refractivity contribution in [3.05, 3.63) is 39.5 Å². The van der Waals surface area contributed by atoms with Crippen molar-refractivity contribution < 1.29 is 4.79 Å². The van der Waals surface area contributed by atoms with Gasteiger partial charge in [-0.25, -0.2) is 0 Å². The Labute approximate surface area is 115 Å². The molecule has 0 bridgehead atoms. The lowest BCUT2D eigenvalue weighted by Crippen LogP contribution is -1.98. The molecule has 0 saturated heterocycles. The van der Waals surface area contributed by atoms with E-state index in [0.29, 0.717) is 27.0 Å². The molecule has 2 aromatic rings. The Morgan fingerprint density at radius 2 is 1.94 bits per heavy atom. The molecule has 1 heterocycles. The maximum Gasteiger partial charge on any atom is 0.163 e. The predicted octanol–water partition coefficient (Wildman–Crippen LogP) is 4.08. The van der Waals surface area contributed by atoms with Crippen molar-refractivity contribution >= 4 is 34.7 Å². The number of halogens is 2. The summed E-state index contributed by atoms with van der Waals surface area (Å²) in [5.41, 5.74) is 9.21. The number of carbonyl (C=O) groups is 1. The number of hydrogen-bond donors (Lipinski definition) is 2. The second-order valence-electron chi connectivity index (χ2n) is 4.10. The molecule has 0 aliphatic carbocycles. The molecule has 0 saturated carbocycles. The van der Waals surface area contributed by atoms with Crippen molar-refractivity contribution in [1.82, 2.24) is 4.98 Å². The third-order valence-corrected chi connectivity index (χ3v) is 3.53. The summed E-state index contributed by atoms with van der Waals surface area (Å²) >= 11 is 11.8. The second-order valence-corrected chi connectivity index (χ2v) is 4.91. The minimum absolute atomic E-state index is 0.0624. The first kappa shape index (κ1) is 13.0. The van der Waals surface area contributed by atoms with Gasteiger partial charge in [0, 0.05) is 11.3 Å². The Bertz CT molecular complexity index is 632. The predicted molar refractivity (Wildman–Crippen MR) is 75.4 cm³/mol. The van der Waals surface area contributed by atoms with Crippen molar-refractivity contribution in [2.45, 2.75) is 13.8 Å². The lowest BCUT2D eigenvalue weighted by atomic mass is 10.1. The number of benzene rings is 1. The summed E-state index contributed by atoms with van der Waals surface area (Å²) in [6.07, 6.45) is 0. The molecule has 0 aliphatic heterocycles. The lowest BCUT2D eigenvalue weighted by molar-refractivity contribution is 0.101. The van der Waals surface area contributed by atoms with Crippen molar-refractivity contribution in [1.29, 1.82) is 0 Å². The Kier molecular flexibility index (Phi) is 3.37. The summed E-state index contributed by atoms with van der Waals surface area (Å²) in [4.78, 5) is 14.6. The van der Waals surface area contributed by atoms with Crippen LogP contribution in [0.2, 0.25) is 10.0 Å². The first-order valence-electron chi connectivity index (χ1n) is 5.36. The zero-order chi connectivity index (χ0) is 13.4. The van der Waals surface area contributed by atoms with Gasteiger partial charge in [0.25, 0.3) is 0 Å². The molecule has 0 unspecified atom stereocenters. The molecule has 5 heteroatoms. The zero-order valence-corrected chi connectivity index (χ0v) is 11.5. The van der Waals surface area contributed by atoms with Crippen LogP contribution in [0.4, 0.5) is 5.69 Å². The molecule has 0 spiro atoms. The van der Waals surface area contributed by atoms with E-state index >= 15 is 0 Å². The van der Waals surface area contributed by atoms with Crippen LogP contribution in [0, 0.1) is 6.92 Å². The van der Waals surface area contributed by atoms with Crippen LogP contribution in [0.15, 0.2) is 18.2 Å². The summed E-state index contributed by atoms with van der Waals surface area (Å²) in [6, 6.07) is 5.22. The first-order chi connectivity index (χ1) is 8.41. The number of rotatable bonds is 2. The number of carbonyl (C=O) groups excluding carboxylic acids is 1. The van der Waals surface area contributed by atoms with Crippen LogP contribution in [0.1, 0.15) is 23.0 Å². The number of aromatic amines is 1. The average molecular weight is 283 g/mol. The van der Waals surface area contributed by atoms with Gasteiger partial charge in [-0.3, -0.25) is 4.79 Å². The highest BCUT2D eigenvalue weighted by atomic mass is 35.5. The zero-order valence-electron chi connectivity index (χ0n) is 9.97. The Morgan fingerprint density at radius 1 is 1.28 bits per heavy atom. The van der Waals surface area contributed by atoms with E-state index in [4.69, 9.17) is 28.9 Å². The topological polar surface area (TPSA) is 58.9 Å². The molecule has 18 heavy (non-hydrogen) atoms. The lowest BCUT2D eigenvalue weighted by Gasteiger charge is -2.03. The van der Waals surface area contributed by atoms with Gasteiger partial charge in [-0.15, -0.1) is 0 Å². The van der Waals surface area contributed by atoms with Gasteiger partial charge in [-0.1, -0.05) is 29.3 Å². The number of nitrogens with one attached hydrogen (secondary N) is 1. The monoisotopic (exact) mass is 282 g/mol. The average Bonchev–Trinajstić information content (AvgIpc) is 2.58. The van der Waals surface area contributed by atoms with E-state index in [1.807, 2.05) is 6.92 Å². The SMILES string of the molecule is CC(=O)c1c(C)[nH]c(-c2ccc(Cl)c(Cl)c2)c1N. The highest BCUT2D eigenvalue weighted by molar-refractivity contribution is 6.42. The number of H-pyrrole nitrogens is 1. The fraction of sp³-hybridized carbons (Fsp3) is 0.154. The molecule has 0 amide bonds. The van der Waals surface area contributed by atoms with Gasteiger partial charge in [-0.05, 0) is 26.0 Å². The number of nitrogens with two attached hydrogens (primary N) is 1. The van der Waals surface area contributed by atoms with E-state index in [1.165, 1.54) is 6.92 Å². The molecular formula is C13H12Cl2N2O. The first-order valence-corrected chi connectivity index (χ1v) is 6.11. The molecule has 1 aromatic carbocycles. The molecule has 0 aliphatic rings. The van der Waals surface area contributed by atoms with Crippen molar-refractivity contribution in [2.75, 3.05) is 5.73 Å². The molecule has 3 nitrogen and oxygen atoms in total. The maximum absolute atomic E-state index is 11.5. The quantitative estimate of drug-likeness (QED) is 0.816. The minimum atomic E-state index is -0.0624. The molecule has 94 valence electrons. The molecule has 3 N–H and O–H groups in total. The summed E-state index contributed by atoms with van der Waals surface area (Å²) < 4.78 is 0. The summed E-state index contributed by atoms with van der Waals surface area (Å²) in [5, 5.41) is 0.930. The van der Waals surface area contributed by atoms with E-state index in [9.17, 15) is 4.79 Å². The molecule has 0 atom stereocenters. The normalized spacial score (nSPS) is 10.7. The number of Topliss-reactive ketones (excluding diaryl/α,β-unsaturated/α-hetero) is 1. The molecule has 1 aromatic heterocycles. The molecule has 0 radical (unpaired) electrons. The highest BCUT2D eigenvalue weighted by Crippen LogP contribution is 2.34. The number of ketones is 1. The van der Waals surface area contributed by atoms with Gasteiger partial charge in [0.15, 0.2) is 5.78 Å². The van der Waals surface area contributed by atoms with Crippen LogP contribution >= 0.6 is 23.2 Å². The third kappa shape index (κ3) is 2.11. The van der Waals surface area contributed by atoms with Crippen LogP contribution in [-0.2, 0) is 0 Å². The van der Waals surface area contributed by atoms with Crippen LogP contribution in [0.3, 0.4) is 0 Å². The van der Waals surface area contributed by atoms with Gasteiger partial charge >= 0.3 is 0 Å². The van der Waals surface area contributed by atoms with Gasteiger partial charge in [-0.2, -0.15) is 0 Å². The van der Waals surface area contributed by atoms with Crippen molar-refractivity contribution in [3.8, 4) is 11.3 Å². The van der Waals surface area contributed by atoms with Crippen LogP contribution in [-0.4, -0.2) is 10.8 Å². The van der Waals surface area contributed by atoms with Gasteiger partial charge in [0.2, 0.25) is 0 Å². The van der Waals surface area contributed by atoms with Crippen LogP contribution < -0.4 is 5.73 Å². The summed E-state index contributed by atoms with van der Waals surface area (Å²) in [5.74, 6) is -0.0624. The number of nitrogen functional groups attached to an aromatic ring is 1. The Morgan fingerprint density at radius 3 is 2.44 bits per heavy atom. The Balaban J connectivity index is 2.61. The molecular weight excluding hydrogens is 271 g/mol. The molecule has 0 fully saturated rings. The van der Waals surface area contributed by atoms with E-state index < -0.39 is 0 Å². The van der Waals surface area contributed by atoms with E-state index in [1.54, 1.807) is 18.2 Å². The second kappa shape index (κ2) is 4.67. The van der Waals surface area contributed by atoms with Crippen LogP contribution in [0.5, 0.6) is 0 Å². The van der Waals surface area contributed by atoms with Gasteiger partial charge in [0.1, 0.15) is 0 Å². The minimum Gasteiger partial charge on any atom is -0.396 e. The number of hydrogen-bond acceptors (Lipinski definition) is 2. The number of aryl methyl sites for hydroxylation is 1. The van der Waals surface area contributed by atoms with E-state index in [0.717, 1.165) is 11.3 Å². The van der Waals surface area contributed by atoms with Gasteiger partial charge < -0.3 is 10.7 Å². The number of anilines is 1. The van der Waals surface area contributed by atoms with Crippen LogP contribution in [0.25, 0.3) is 11.3 Å².